The predicted molar refractivity (Wildman–Crippen MR) is 80.3 cm³/mol. The first-order valence-corrected chi connectivity index (χ1v) is 7.45. The molecule has 2 heterocycles. The Morgan fingerprint density at radius 3 is 2.80 bits per heavy atom. The van der Waals surface area contributed by atoms with Gasteiger partial charge in [-0.1, -0.05) is 6.92 Å². The van der Waals surface area contributed by atoms with Crippen LogP contribution in [0, 0.1) is 0 Å². The summed E-state index contributed by atoms with van der Waals surface area (Å²) in [5.74, 6) is 0.803. The van der Waals surface area contributed by atoms with E-state index in [1.54, 1.807) is 6.20 Å². The van der Waals surface area contributed by atoms with Crippen LogP contribution in [0.1, 0.15) is 26.2 Å². The molecule has 0 bridgehead atoms. The largest absolute Gasteiger partial charge is 0.489 e. The van der Waals surface area contributed by atoms with Gasteiger partial charge in [0.15, 0.2) is 0 Å². The van der Waals surface area contributed by atoms with Crippen molar-refractivity contribution in [2.45, 2.75) is 32.2 Å². The Morgan fingerprint density at radius 2 is 2.05 bits per heavy atom. The molecule has 2 N–H and O–H groups in total. The van der Waals surface area contributed by atoms with Crippen molar-refractivity contribution in [3.8, 4) is 5.75 Å². The minimum atomic E-state index is 0.342. The zero-order chi connectivity index (χ0) is 14.2. The molecule has 1 saturated heterocycles. The predicted octanol–water partition coefficient (Wildman–Crippen LogP) is 1.81. The summed E-state index contributed by atoms with van der Waals surface area (Å²) < 4.78 is 11.1. The van der Waals surface area contributed by atoms with Gasteiger partial charge in [0.05, 0.1) is 24.7 Å². The molecule has 1 aromatic rings. The molecule has 0 saturated carbocycles. The average molecular weight is 279 g/mol. The number of aromatic nitrogens is 1. The standard InChI is InChI=1S/C15H25N3O2/c1-2-7-19-8-9-20-15-10-14(11-17-12-15)18-5-3-13(16)4-6-18/h10-13H,2-9,16H2,1H3. The van der Waals surface area contributed by atoms with Gasteiger partial charge < -0.3 is 20.1 Å². The van der Waals surface area contributed by atoms with Gasteiger partial charge in [0.1, 0.15) is 12.4 Å². The van der Waals surface area contributed by atoms with Crippen molar-refractivity contribution in [1.29, 1.82) is 0 Å². The molecule has 1 aliphatic heterocycles. The Balaban J connectivity index is 1.81. The van der Waals surface area contributed by atoms with Gasteiger partial charge in [-0.25, -0.2) is 0 Å². The topological polar surface area (TPSA) is 60.6 Å². The average Bonchev–Trinajstić information content (AvgIpc) is 2.48. The molecular formula is C15H25N3O2. The van der Waals surface area contributed by atoms with Crippen LogP contribution in [0.2, 0.25) is 0 Å². The highest BCUT2D eigenvalue weighted by molar-refractivity contribution is 5.48. The fourth-order valence-electron chi connectivity index (χ4n) is 2.28. The first-order valence-electron chi connectivity index (χ1n) is 7.45. The molecule has 0 radical (unpaired) electrons. The number of hydrogen-bond acceptors (Lipinski definition) is 5. The molecule has 0 spiro atoms. The number of hydrogen-bond donors (Lipinski definition) is 1. The highest BCUT2D eigenvalue weighted by Crippen LogP contribution is 2.22. The molecule has 0 aromatic carbocycles. The number of rotatable bonds is 7. The molecule has 0 aliphatic carbocycles. The molecule has 20 heavy (non-hydrogen) atoms. The van der Waals surface area contributed by atoms with Crippen LogP contribution in [0.25, 0.3) is 0 Å². The molecular weight excluding hydrogens is 254 g/mol. The lowest BCUT2D eigenvalue weighted by Gasteiger charge is -2.31. The number of anilines is 1. The van der Waals surface area contributed by atoms with Gasteiger partial charge in [-0.2, -0.15) is 0 Å². The summed E-state index contributed by atoms with van der Waals surface area (Å²) >= 11 is 0. The van der Waals surface area contributed by atoms with Crippen molar-refractivity contribution in [1.82, 2.24) is 4.98 Å². The summed E-state index contributed by atoms with van der Waals surface area (Å²) in [7, 11) is 0. The monoisotopic (exact) mass is 279 g/mol. The van der Waals surface area contributed by atoms with Crippen LogP contribution in [0.4, 0.5) is 5.69 Å². The fraction of sp³-hybridized carbons (Fsp3) is 0.667. The van der Waals surface area contributed by atoms with Crippen LogP contribution in [0.3, 0.4) is 0 Å². The maximum Gasteiger partial charge on any atom is 0.139 e. The van der Waals surface area contributed by atoms with Gasteiger partial charge >= 0.3 is 0 Å². The van der Waals surface area contributed by atoms with E-state index in [4.69, 9.17) is 15.2 Å². The van der Waals surface area contributed by atoms with E-state index in [0.29, 0.717) is 19.3 Å². The molecule has 112 valence electrons. The van der Waals surface area contributed by atoms with Gasteiger partial charge in [-0.15, -0.1) is 0 Å². The fourth-order valence-corrected chi connectivity index (χ4v) is 2.28. The SMILES string of the molecule is CCCOCCOc1cncc(N2CCC(N)CC2)c1. The van der Waals surface area contributed by atoms with E-state index in [1.807, 2.05) is 12.3 Å². The number of nitrogens with two attached hydrogens (primary N) is 1. The van der Waals surface area contributed by atoms with Gasteiger partial charge in [-0.05, 0) is 19.3 Å². The highest BCUT2D eigenvalue weighted by Gasteiger charge is 2.16. The van der Waals surface area contributed by atoms with E-state index < -0.39 is 0 Å². The van der Waals surface area contributed by atoms with Crippen molar-refractivity contribution in [2.24, 2.45) is 5.73 Å². The summed E-state index contributed by atoms with van der Waals surface area (Å²) in [6, 6.07) is 2.39. The Hall–Kier alpha value is -1.33. The summed E-state index contributed by atoms with van der Waals surface area (Å²) in [6.07, 6.45) is 6.75. The molecule has 0 atom stereocenters. The minimum absolute atomic E-state index is 0.342. The Kier molecular flexibility index (Phi) is 6.08. The van der Waals surface area contributed by atoms with E-state index in [2.05, 4.69) is 16.8 Å². The van der Waals surface area contributed by atoms with Gasteiger partial charge in [0.2, 0.25) is 0 Å². The second-order valence-electron chi connectivity index (χ2n) is 5.16. The van der Waals surface area contributed by atoms with Crippen LogP contribution in [-0.2, 0) is 4.74 Å². The quantitative estimate of drug-likeness (QED) is 0.771. The summed E-state index contributed by atoms with van der Waals surface area (Å²) in [4.78, 5) is 6.57. The number of pyridine rings is 1. The van der Waals surface area contributed by atoms with Crippen molar-refractivity contribution in [3.63, 3.8) is 0 Å². The molecule has 1 fully saturated rings. The zero-order valence-electron chi connectivity index (χ0n) is 12.3. The molecule has 0 amide bonds. The van der Waals surface area contributed by atoms with E-state index >= 15 is 0 Å². The minimum Gasteiger partial charge on any atom is -0.489 e. The van der Waals surface area contributed by atoms with Crippen LogP contribution in [0.5, 0.6) is 5.75 Å². The van der Waals surface area contributed by atoms with Crippen LogP contribution >= 0.6 is 0 Å². The van der Waals surface area contributed by atoms with Gasteiger partial charge in [0, 0.05) is 31.8 Å². The highest BCUT2D eigenvalue weighted by atomic mass is 16.5. The van der Waals surface area contributed by atoms with E-state index in [0.717, 1.165) is 50.4 Å². The Bertz CT molecular complexity index is 392. The molecule has 5 nitrogen and oxygen atoms in total. The maximum atomic E-state index is 5.93. The lowest BCUT2D eigenvalue weighted by atomic mass is 10.1. The molecule has 5 heteroatoms. The van der Waals surface area contributed by atoms with Crippen molar-refractivity contribution in [2.75, 3.05) is 37.8 Å². The number of ether oxygens (including phenoxy) is 2. The first-order chi connectivity index (χ1) is 9.79. The zero-order valence-corrected chi connectivity index (χ0v) is 12.3. The molecule has 2 rings (SSSR count). The Morgan fingerprint density at radius 1 is 1.25 bits per heavy atom. The third-order valence-corrected chi connectivity index (χ3v) is 3.45. The van der Waals surface area contributed by atoms with Crippen LogP contribution in [0.15, 0.2) is 18.5 Å². The van der Waals surface area contributed by atoms with E-state index in [1.165, 1.54) is 0 Å². The number of piperidine rings is 1. The molecule has 1 aliphatic rings. The molecule has 0 unspecified atom stereocenters. The third kappa shape index (κ3) is 4.65. The number of nitrogens with zero attached hydrogens (tertiary/aromatic N) is 2. The smallest absolute Gasteiger partial charge is 0.139 e. The summed E-state index contributed by atoms with van der Waals surface area (Å²) in [6.45, 7) is 6.05. The van der Waals surface area contributed by atoms with Crippen molar-refractivity contribution >= 4 is 5.69 Å². The third-order valence-electron chi connectivity index (χ3n) is 3.45. The second-order valence-corrected chi connectivity index (χ2v) is 5.16. The second kappa shape index (κ2) is 8.07. The van der Waals surface area contributed by atoms with Crippen LogP contribution < -0.4 is 15.4 Å². The lowest BCUT2D eigenvalue weighted by molar-refractivity contribution is 0.100. The van der Waals surface area contributed by atoms with Crippen LogP contribution in [-0.4, -0.2) is 43.9 Å². The summed E-state index contributed by atoms with van der Waals surface area (Å²) in [5.41, 5.74) is 7.04. The summed E-state index contributed by atoms with van der Waals surface area (Å²) in [5, 5.41) is 0. The Labute approximate surface area is 121 Å². The van der Waals surface area contributed by atoms with E-state index in [9.17, 15) is 0 Å². The van der Waals surface area contributed by atoms with E-state index in [-0.39, 0.29) is 0 Å². The lowest BCUT2D eigenvalue weighted by Crippen LogP contribution is -2.39. The van der Waals surface area contributed by atoms with Gasteiger partial charge in [-0.3, -0.25) is 4.98 Å². The first kappa shape index (κ1) is 15.1. The normalized spacial score (nSPS) is 16.4. The molecule has 1 aromatic heterocycles. The van der Waals surface area contributed by atoms with Crippen molar-refractivity contribution < 1.29 is 9.47 Å². The maximum absolute atomic E-state index is 5.93. The van der Waals surface area contributed by atoms with Crippen molar-refractivity contribution in [3.05, 3.63) is 18.5 Å². The van der Waals surface area contributed by atoms with Gasteiger partial charge in [0.25, 0.3) is 0 Å².